The van der Waals surface area contributed by atoms with Gasteiger partial charge in [0.15, 0.2) is 0 Å². The number of amides is 2. The Morgan fingerprint density at radius 1 is 1.15 bits per heavy atom. The van der Waals surface area contributed by atoms with E-state index in [4.69, 9.17) is 11.6 Å². The number of unbranched alkanes of at least 4 members (excludes halogenated alkanes) is 1. The van der Waals surface area contributed by atoms with E-state index in [9.17, 15) is 4.79 Å². The van der Waals surface area contributed by atoms with Crippen molar-refractivity contribution >= 4 is 22.8 Å². The first-order valence-corrected chi connectivity index (χ1v) is 10.0. The lowest BCUT2D eigenvalue weighted by atomic mass is 10.1. The number of rotatable bonds is 8. The zero-order valence-corrected chi connectivity index (χ0v) is 17.6. The lowest BCUT2D eigenvalue weighted by molar-refractivity contribution is 0.173. The molecule has 2 amide bonds. The molecule has 0 saturated heterocycles. The number of aliphatic imine (C=N–C) groups is 1. The zero-order valence-electron chi connectivity index (χ0n) is 16.9. The summed E-state index contributed by atoms with van der Waals surface area (Å²) in [6, 6.07) is 8.35. The summed E-state index contributed by atoms with van der Waals surface area (Å²) in [6.07, 6.45) is 3.44. The van der Waals surface area contributed by atoms with Crippen molar-refractivity contribution in [2.45, 2.75) is 53.4 Å². The Balaban J connectivity index is 2.19. The van der Waals surface area contributed by atoms with E-state index in [1.807, 2.05) is 13.8 Å². The van der Waals surface area contributed by atoms with Crippen molar-refractivity contribution in [2.24, 2.45) is 4.99 Å². The number of benzene rings is 1. The second kappa shape index (κ2) is 9.75. The van der Waals surface area contributed by atoms with Crippen LogP contribution in [0.15, 0.2) is 52.9 Å². The number of hydrogen-bond acceptors (Lipinski definition) is 2. The second-order valence-electron chi connectivity index (χ2n) is 6.90. The summed E-state index contributed by atoms with van der Waals surface area (Å²) in [5.74, 6) is 0.620. The molecule has 0 aliphatic carbocycles. The van der Waals surface area contributed by atoms with Crippen LogP contribution in [0.3, 0.4) is 0 Å². The van der Waals surface area contributed by atoms with Crippen molar-refractivity contribution in [3.05, 3.63) is 59.1 Å². The molecule has 1 heterocycles. The van der Waals surface area contributed by atoms with Crippen LogP contribution >= 0.6 is 11.6 Å². The van der Waals surface area contributed by atoms with Crippen molar-refractivity contribution in [1.82, 2.24) is 9.80 Å². The highest BCUT2D eigenvalue weighted by Crippen LogP contribution is 2.29. The van der Waals surface area contributed by atoms with Crippen LogP contribution in [0, 0.1) is 6.92 Å². The van der Waals surface area contributed by atoms with Gasteiger partial charge in [-0.1, -0.05) is 61.4 Å². The van der Waals surface area contributed by atoms with Crippen molar-refractivity contribution in [1.29, 1.82) is 0 Å². The van der Waals surface area contributed by atoms with Crippen LogP contribution in [-0.2, 0) is 6.42 Å². The lowest BCUT2D eigenvalue weighted by Crippen LogP contribution is -2.46. The molecular formula is C22H30ClN3O. The number of halogens is 1. The second-order valence-corrected chi connectivity index (χ2v) is 7.34. The van der Waals surface area contributed by atoms with E-state index in [2.05, 4.69) is 49.7 Å². The predicted molar refractivity (Wildman–Crippen MR) is 114 cm³/mol. The molecule has 4 nitrogen and oxygen atoms in total. The minimum atomic E-state index is -0.0664. The summed E-state index contributed by atoms with van der Waals surface area (Å²) in [5, 5.41) is 0.506. The average Bonchev–Trinajstić information content (AvgIpc) is 2.66. The molecule has 1 aliphatic rings. The summed E-state index contributed by atoms with van der Waals surface area (Å²) in [7, 11) is 0. The van der Waals surface area contributed by atoms with E-state index < -0.39 is 0 Å². The highest BCUT2D eigenvalue weighted by molar-refractivity contribution is 6.65. The summed E-state index contributed by atoms with van der Waals surface area (Å²) in [4.78, 5) is 20.9. The fourth-order valence-electron chi connectivity index (χ4n) is 3.03. The number of nitrogens with zero attached hydrogens (tertiary/aromatic N) is 3. The van der Waals surface area contributed by atoms with Crippen molar-refractivity contribution in [3.63, 3.8) is 0 Å². The largest absolute Gasteiger partial charge is 0.330 e. The average molecular weight is 388 g/mol. The Morgan fingerprint density at radius 2 is 1.81 bits per heavy atom. The summed E-state index contributed by atoms with van der Waals surface area (Å²) in [5.41, 5.74) is 4.09. The van der Waals surface area contributed by atoms with Crippen molar-refractivity contribution in [3.8, 4) is 0 Å². The first kappa shape index (κ1) is 21.2. The molecule has 1 aromatic carbocycles. The summed E-state index contributed by atoms with van der Waals surface area (Å²) >= 11 is 6.43. The predicted octanol–water partition coefficient (Wildman–Crippen LogP) is 5.87. The number of allylic oxidation sites excluding steroid dienone is 1. The van der Waals surface area contributed by atoms with Gasteiger partial charge in [0.25, 0.3) is 0 Å². The van der Waals surface area contributed by atoms with E-state index in [-0.39, 0.29) is 6.03 Å². The van der Waals surface area contributed by atoms with Gasteiger partial charge in [-0.2, -0.15) is 0 Å². The van der Waals surface area contributed by atoms with Crippen LogP contribution in [0.2, 0.25) is 0 Å². The molecule has 0 spiro atoms. The van der Waals surface area contributed by atoms with E-state index in [1.165, 1.54) is 11.1 Å². The SMILES string of the molecule is C=C1C(C)=C(N=C(Cl)CCc2ccc(C)cc2)N(CC)C(=O)N1CCCC. The minimum absolute atomic E-state index is 0.0664. The van der Waals surface area contributed by atoms with Gasteiger partial charge in [-0.25, -0.2) is 9.79 Å². The molecule has 1 aromatic rings. The first-order chi connectivity index (χ1) is 12.9. The molecule has 0 radical (unpaired) electrons. The van der Waals surface area contributed by atoms with E-state index >= 15 is 0 Å². The molecule has 27 heavy (non-hydrogen) atoms. The Labute approximate surface area is 168 Å². The van der Waals surface area contributed by atoms with Gasteiger partial charge in [0, 0.05) is 30.8 Å². The standard InChI is InChI=1S/C22H30ClN3O/c1-6-8-15-26-18(5)17(4)21(25(7-2)22(26)27)24-20(23)14-13-19-11-9-16(3)10-12-19/h9-12H,5-8,13-15H2,1-4H3. The van der Waals surface area contributed by atoms with Crippen molar-refractivity contribution in [2.75, 3.05) is 13.1 Å². The fraction of sp³-hybridized carbons (Fsp3) is 0.455. The molecule has 0 fully saturated rings. The van der Waals surface area contributed by atoms with Crippen LogP contribution in [0.4, 0.5) is 4.79 Å². The highest BCUT2D eigenvalue weighted by atomic mass is 35.5. The van der Waals surface area contributed by atoms with Gasteiger partial charge in [0.2, 0.25) is 0 Å². The summed E-state index contributed by atoms with van der Waals surface area (Å²) in [6.45, 7) is 13.4. The summed E-state index contributed by atoms with van der Waals surface area (Å²) < 4.78 is 0. The third-order valence-corrected chi connectivity index (χ3v) is 5.10. The van der Waals surface area contributed by atoms with Gasteiger partial charge in [-0.3, -0.25) is 9.80 Å². The number of aryl methyl sites for hydroxylation is 2. The number of urea groups is 1. The monoisotopic (exact) mass is 387 g/mol. The maximum Gasteiger partial charge on any atom is 0.330 e. The fourth-order valence-corrected chi connectivity index (χ4v) is 3.21. The van der Waals surface area contributed by atoms with Gasteiger partial charge < -0.3 is 0 Å². The van der Waals surface area contributed by atoms with Crippen LogP contribution in [0.5, 0.6) is 0 Å². The zero-order chi connectivity index (χ0) is 20.0. The Kier molecular flexibility index (Phi) is 7.66. The molecule has 1 aliphatic heterocycles. The quantitative estimate of drug-likeness (QED) is 0.514. The molecular weight excluding hydrogens is 358 g/mol. The molecule has 5 heteroatoms. The van der Waals surface area contributed by atoms with Crippen LogP contribution in [-0.4, -0.2) is 34.1 Å². The molecule has 0 aromatic heterocycles. The van der Waals surface area contributed by atoms with Crippen LogP contribution in [0.1, 0.15) is 51.2 Å². The Morgan fingerprint density at radius 3 is 2.41 bits per heavy atom. The van der Waals surface area contributed by atoms with E-state index in [0.29, 0.717) is 30.5 Å². The topological polar surface area (TPSA) is 35.9 Å². The van der Waals surface area contributed by atoms with Crippen LogP contribution in [0.25, 0.3) is 0 Å². The number of hydrogen-bond donors (Lipinski definition) is 0. The van der Waals surface area contributed by atoms with Gasteiger partial charge in [-0.05, 0) is 39.2 Å². The molecule has 0 saturated carbocycles. The molecule has 146 valence electrons. The smallest absolute Gasteiger partial charge is 0.294 e. The lowest BCUT2D eigenvalue weighted by Gasteiger charge is -2.37. The molecule has 0 N–H and O–H groups in total. The maximum atomic E-state index is 12.9. The number of carbonyl (C=O) groups is 1. The van der Waals surface area contributed by atoms with Crippen LogP contribution < -0.4 is 0 Å². The van der Waals surface area contributed by atoms with Crippen molar-refractivity contribution < 1.29 is 4.79 Å². The van der Waals surface area contributed by atoms with Gasteiger partial charge >= 0.3 is 6.03 Å². The molecule has 0 bridgehead atoms. The number of carbonyl (C=O) groups excluding carboxylic acids is 1. The Bertz CT molecular complexity index is 749. The van der Waals surface area contributed by atoms with Gasteiger partial charge in [0.1, 0.15) is 11.0 Å². The Hall–Kier alpha value is -2.07. The van der Waals surface area contributed by atoms with Gasteiger partial charge in [0.05, 0.1) is 0 Å². The molecule has 0 atom stereocenters. The third-order valence-electron chi connectivity index (χ3n) is 4.83. The normalized spacial score (nSPS) is 15.8. The molecule has 0 unspecified atom stereocenters. The molecule has 2 rings (SSSR count). The first-order valence-electron chi connectivity index (χ1n) is 9.66. The minimum Gasteiger partial charge on any atom is -0.294 e. The van der Waals surface area contributed by atoms with Gasteiger partial charge in [-0.15, -0.1) is 0 Å². The maximum absolute atomic E-state index is 12.9. The third kappa shape index (κ3) is 5.23. The van der Waals surface area contributed by atoms with E-state index in [1.54, 1.807) is 9.80 Å². The highest BCUT2D eigenvalue weighted by Gasteiger charge is 2.32. The van der Waals surface area contributed by atoms with E-state index in [0.717, 1.165) is 30.5 Å².